The van der Waals surface area contributed by atoms with Crippen LogP contribution in [0.25, 0.3) is 0 Å². The van der Waals surface area contributed by atoms with Crippen molar-refractivity contribution < 1.29 is 18.0 Å². The maximum absolute atomic E-state index is 12.4. The molecule has 0 radical (unpaired) electrons. The van der Waals surface area contributed by atoms with Gasteiger partial charge >= 0.3 is 0 Å². The Kier molecular flexibility index (Phi) is 6.74. The maximum atomic E-state index is 12.4. The molecule has 2 N–H and O–H groups in total. The summed E-state index contributed by atoms with van der Waals surface area (Å²) in [4.78, 5) is 23.4. The van der Waals surface area contributed by atoms with Gasteiger partial charge in [0.05, 0.1) is 10.6 Å². The van der Waals surface area contributed by atoms with E-state index in [-0.39, 0.29) is 28.9 Å². The lowest BCUT2D eigenvalue weighted by Gasteiger charge is -2.13. The topological polar surface area (TPSA) is 92.3 Å². The third kappa shape index (κ3) is 5.65. The van der Waals surface area contributed by atoms with E-state index in [0.717, 1.165) is 23.2 Å². The van der Waals surface area contributed by atoms with Crippen molar-refractivity contribution in [1.82, 2.24) is 0 Å². The Morgan fingerprint density at radius 1 is 1.00 bits per heavy atom. The molecule has 0 atom stereocenters. The number of para-hydroxylation sites is 1. The molecule has 0 fully saturated rings. The van der Waals surface area contributed by atoms with Gasteiger partial charge in [-0.1, -0.05) is 25.1 Å². The van der Waals surface area contributed by atoms with Crippen LogP contribution in [0.2, 0.25) is 0 Å². The largest absolute Gasteiger partial charge is 0.326 e. The van der Waals surface area contributed by atoms with Crippen LogP contribution in [0.1, 0.15) is 31.4 Å². The van der Waals surface area contributed by atoms with Gasteiger partial charge < -0.3 is 10.6 Å². The van der Waals surface area contributed by atoms with Crippen molar-refractivity contribution in [2.24, 2.45) is 0 Å². The van der Waals surface area contributed by atoms with Crippen LogP contribution in [0.15, 0.2) is 47.4 Å². The SMILES string of the molecule is CCc1cccc(C)c1NC(=O)CCS(=O)(=O)c1ccc(NC(C)=O)cc1. The van der Waals surface area contributed by atoms with Crippen LogP contribution in [0, 0.1) is 6.92 Å². The number of carbonyl (C=O) groups excluding carboxylic acids is 2. The van der Waals surface area contributed by atoms with E-state index in [0.29, 0.717) is 5.69 Å². The highest BCUT2D eigenvalue weighted by molar-refractivity contribution is 7.91. The molecule has 6 nitrogen and oxygen atoms in total. The van der Waals surface area contributed by atoms with Crippen molar-refractivity contribution >= 4 is 33.0 Å². The number of sulfone groups is 1. The summed E-state index contributed by atoms with van der Waals surface area (Å²) in [7, 11) is -3.59. The predicted molar refractivity (Wildman–Crippen MR) is 107 cm³/mol. The zero-order valence-corrected chi connectivity index (χ0v) is 16.5. The second kappa shape index (κ2) is 8.81. The lowest BCUT2D eigenvalue weighted by atomic mass is 10.1. The van der Waals surface area contributed by atoms with E-state index in [9.17, 15) is 18.0 Å². The van der Waals surface area contributed by atoms with E-state index in [1.165, 1.54) is 31.2 Å². The minimum Gasteiger partial charge on any atom is -0.326 e. The molecule has 2 aromatic carbocycles. The van der Waals surface area contributed by atoms with Crippen LogP contribution in [0.4, 0.5) is 11.4 Å². The van der Waals surface area contributed by atoms with E-state index < -0.39 is 9.84 Å². The van der Waals surface area contributed by atoms with Gasteiger partial charge in [0.1, 0.15) is 0 Å². The lowest BCUT2D eigenvalue weighted by Crippen LogP contribution is -2.18. The Hall–Kier alpha value is -2.67. The fourth-order valence-corrected chi connectivity index (χ4v) is 3.94. The molecular formula is C20H24N2O4S. The smallest absolute Gasteiger partial charge is 0.225 e. The standard InChI is InChI=1S/C20H24N2O4S/c1-4-16-7-5-6-14(2)20(16)22-19(24)12-13-27(25,26)18-10-8-17(9-11-18)21-15(3)23/h5-11H,4,12-13H2,1-3H3,(H,21,23)(H,22,24). The summed E-state index contributed by atoms with van der Waals surface area (Å²) in [6, 6.07) is 11.7. The Balaban J connectivity index is 2.02. The summed E-state index contributed by atoms with van der Waals surface area (Å²) in [6.45, 7) is 5.28. The first-order valence-corrected chi connectivity index (χ1v) is 10.4. The second-order valence-electron chi connectivity index (χ2n) is 6.29. The Morgan fingerprint density at radius 2 is 1.67 bits per heavy atom. The fourth-order valence-electron chi connectivity index (χ4n) is 2.70. The van der Waals surface area contributed by atoms with Crippen molar-refractivity contribution in [2.45, 2.75) is 38.5 Å². The molecule has 0 aliphatic rings. The fraction of sp³-hybridized carbons (Fsp3) is 0.300. The molecule has 0 spiro atoms. The number of hydrogen-bond donors (Lipinski definition) is 2. The lowest BCUT2D eigenvalue weighted by molar-refractivity contribution is -0.116. The normalized spacial score (nSPS) is 11.1. The molecule has 144 valence electrons. The van der Waals surface area contributed by atoms with Crippen LogP contribution in [0.3, 0.4) is 0 Å². The summed E-state index contributed by atoms with van der Waals surface area (Å²) < 4.78 is 24.9. The molecule has 2 rings (SSSR count). The molecular weight excluding hydrogens is 364 g/mol. The van der Waals surface area contributed by atoms with E-state index in [1.807, 2.05) is 32.0 Å². The average Bonchev–Trinajstić information content (AvgIpc) is 2.62. The molecule has 27 heavy (non-hydrogen) atoms. The van der Waals surface area contributed by atoms with E-state index in [1.54, 1.807) is 0 Å². The average molecular weight is 388 g/mol. The quantitative estimate of drug-likeness (QED) is 0.761. The highest BCUT2D eigenvalue weighted by Crippen LogP contribution is 2.22. The second-order valence-corrected chi connectivity index (χ2v) is 8.39. The van der Waals surface area contributed by atoms with E-state index >= 15 is 0 Å². The molecule has 0 saturated heterocycles. The highest BCUT2D eigenvalue weighted by atomic mass is 32.2. The summed E-state index contributed by atoms with van der Waals surface area (Å²) >= 11 is 0. The molecule has 0 aromatic heterocycles. The van der Waals surface area contributed by atoms with E-state index in [2.05, 4.69) is 10.6 Å². The molecule has 0 heterocycles. The van der Waals surface area contributed by atoms with Gasteiger partial charge in [-0.2, -0.15) is 0 Å². The van der Waals surface area contributed by atoms with Crippen molar-refractivity contribution in [3.63, 3.8) is 0 Å². The Bertz CT molecular complexity index is 935. The van der Waals surface area contributed by atoms with Crippen LogP contribution in [0.5, 0.6) is 0 Å². The highest BCUT2D eigenvalue weighted by Gasteiger charge is 2.17. The first-order valence-electron chi connectivity index (χ1n) is 8.71. The first kappa shape index (κ1) is 20.6. The van der Waals surface area contributed by atoms with Gasteiger partial charge in [-0.25, -0.2) is 8.42 Å². The monoisotopic (exact) mass is 388 g/mol. The zero-order valence-electron chi connectivity index (χ0n) is 15.7. The minimum atomic E-state index is -3.59. The van der Waals surface area contributed by atoms with Crippen LogP contribution in [-0.4, -0.2) is 26.0 Å². The van der Waals surface area contributed by atoms with Gasteiger partial charge in [0.25, 0.3) is 0 Å². The number of rotatable bonds is 7. The van der Waals surface area contributed by atoms with Gasteiger partial charge in [-0.3, -0.25) is 9.59 Å². The third-order valence-corrected chi connectivity index (χ3v) is 5.87. The Labute approximate surface area is 159 Å². The van der Waals surface area contributed by atoms with Gasteiger partial charge in [0.2, 0.25) is 11.8 Å². The number of nitrogens with one attached hydrogen (secondary N) is 2. The number of carbonyl (C=O) groups is 2. The van der Waals surface area contributed by atoms with Crippen molar-refractivity contribution in [3.8, 4) is 0 Å². The molecule has 2 amide bonds. The molecule has 0 bridgehead atoms. The number of anilines is 2. The molecule has 0 aliphatic heterocycles. The molecule has 7 heteroatoms. The number of amides is 2. The van der Waals surface area contributed by atoms with Crippen LogP contribution in [-0.2, 0) is 25.8 Å². The van der Waals surface area contributed by atoms with Gasteiger partial charge in [-0.15, -0.1) is 0 Å². The molecule has 2 aromatic rings. The number of benzene rings is 2. The van der Waals surface area contributed by atoms with Gasteiger partial charge in [0, 0.05) is 24.7 Å². The third-order valence-electron chi connectivity index (χ3n) is 4.14. The number of aryl methyl sites for hydroxylation is 2. The maximum Gasteiger partial charge on any atom is 0.225 e. The van der Waals surface area contributed by atoms with Crippen LogP contribution >= 0.6 is 0 Å². The predicted octanol–water partition coefficient (Wildman–Crippen LogP) is 3.32. The molecule has 0 aliphatic carbocycles. The van der Waals surface area contributed by atoms with Crippen molar-refractivity contribution in [3.05, 3.63) is 53.6 Å². The Morgan fingerprint density at radius 3 is 2.26 bits per heavy atom. The molecule has 0 unspecified atom stereocenters. The summed E-state index contributed by atoms with van der Waals surface area (Å²) in [5.74, 6) is -0.853. The van der Waals surface area contributed by atoms with Crippen molar-refractivity contribution in [1.29, 1.82) is 0 Å². The zero-order chi connectivity index (χ0) is 20.0. The van der Waals surface area contributed by atoms with E-state index in [4.69, 9.17) is 0 Å². The number of hydrogen-bond acceptors (Lipinski definition) is 4. The van der Waals surface area contributed by atoms with Crippen molar-refractivity contribution in [2.75, 3.05) is 16.4 Å². The first-order chi connectivity index (χ1) is 12.7. The van der Waals surface area contributed by atoms with Gasteiger partial charge in [0.15, 0.2) is 9.84 Å². The molecule has 0 saturated carbocycles. The summed E-state index contributed by atoms with van der Waals surface area (Å²) in [5.41, 5.74) is 3.23. The van der Waals surface area contributed by atoms with Crippen LogP contribution < -0.4 is 10.6 Å². The van der Waals surface area contributed by atoms with Gasteiger partial charge in [-0.05, 0) is 48.7 Å². The summed E-state index contributed by atoms with van der Waals surface area (Å²) in [6.07, 6.45) is 0.642. The summed E-state index contributed by atoms with van der Waals surface area (Å²) in [5, 5.41) is 5.41. The minimum absolute atomic E-state index is 0.120.